The summed E-state index contributed by atoms with van der Waals surface area (Å²) in [6.07, 6.45) is 0. The van der Waals surface area contributed by atoms with Crippen molar-refractivity contribution >= 4 is 5.65 Å². The first-order valence-electron chi connectivity index (χ1n) is 7.88. The maximum absolute atomic E-state index is 12.5. The van der Waals surface area contributed by atoms with Crippen LogP contribution in [0.15, 0.2) is 65.5 Å². The van der Waals surface area contributed by atoms with Crippen LogP contribution in [0.5, 0.6) is 0 Å². The Hall–Kier alpha value is -3.14. The van der Waals surface area contributed by atoms with Crippen molar-refractivity contribution in [3.8, 4) is 22.5 Å². The highest BCUT2D eigenvalue weighted by atomic mass is 16.1. The van der Waals surface area contributed by atoms with Gasteiger partial charge in [-0.25, -0.2) is 9.50 Å². The minimum atomic E-state index is -0.111. The summed E-state index contributed by atoms with van der Waals surface area (Å²) in [5.41, 5.74) is 6.32. The van der Waals surface area contributed by atoms with Gasteiger partial charge in [-0.2, -0.15) is 0 Å². The van der Waals surface area contributed by atoms with Crippen LogP contribution in [0.25, 0.3) is 28.2 Å². The largest absolute Gasteiger partial charge is 0.289 e. The van der Waals surface area contributed by atoms with Gasteiger partial charge in [-0.1, -0.05) is 60.2 Å². The van der Waals surface area contributed by atoms with Crippen LogP contribution in [0.3, 0.4) is 0 Å². The summed E-state index contributed by atoms with van der Waals surface area (Å²) in [5, 5.41) is 3.19. The molecule has 0 aliphatic carbocycles. The van der Waals surface area contributed by atoms with Crippen LogP contribution in [0.4, 0.5) is 0 Å². The standard InChI is InChI=1S/C20H17N3O/c1-13-8-10-16(11-9-13)19-14(2)20-21-17(12-18(24)23(20)22-19)15-6-4-3-5-7-15/h3-12,22H,1-2H3. The molecule has 0 saturated carbocycles. The van der Waals surface area contributed by atoms with Crippen LogP contribution in [0, 0.1) is 13.8 Å². The number of aromatic nitrogens is 3. The molecule has 0 aliphatic heterocycles. The van der Waals surface area contributed by atoms with Crippen molar-refractivity contribution in [1.29, 1.82) is 0 Å². The van der Waals surface area contributed by atoms with Crippen LogP contribution in [-0.2, 0) is 0 Å². The van der Waals surface area contributed by atoms with Crippen LogP contribution < -0.4 is 5.56 Å². The molecule has 4 rings (SSSR count). The molecule has 0 radical (unpaired) electrons. The van der Waals surface area contributed by atoms with Gasteiger partial charge < -0.3 is 0 Å². The molecule has 2 aromatic carbocycles. The second-order valence-electron chi connectivity index (χ2n) is 5.98. The highest BCUT2D eigenvalue weighted by molar-refractivity contribution is 5.72. The number of aryl methyl sites for hydroxylation is 2. The predicted octanol–water partition coefficient (Wildman–Crippen LogP) is 3.97. The van der Waals surface area contributed by atoms with E-state index in [1.165, 1.54) is 10.1 Å². The van der Waals surface area contributed by atoms with Gasteiger partial charge >= 0.3 is 0 Å². The number of H-pyrrole nitrogens is 1. The van der Waals surface area contributed by atoms with E-state index >= 15 is 0 Å². The van der Waals surface area contributed by atoms with E-state index < -0.39 is 0 Å². The third-order valence-corrected chi connectivity index (χ3v) is 4.26. The summed E-state index contributed by atoms with van der Waals surface area (Å²) in [6.45, 7) is 4.04. The van der Waals surface area contributed by atoms with Gasteiger partial charge in [-0.15, -0.1) is 0 Å². The molecule has 0 fully saturated rings. The number of nitrogens with zero attached hydrogens (tertiary/aromatic N) is 2. The lowest BCUT2D eigenvalue weighted by Crippen LogP contribution is -2.14. The summed E-state index contributed by atoms with van der Waals surface area (Å²) >= 11 is 0. The number of rotatable bonds is 2. The first-order valence-corrected chi connectivity index (χ1v) is 7.88. The molecular weight excluding hydrogens is 298 g/mol. The summed E-state index contributed by atoms with van der Waals surface area (Å²) in [7, 11) is 0. The highest BCUT2D eigenvalue weighted by Gasteiger charge is 2.13. The lowest BCUT2D eigenvalue weighted by atomic mass is 10.1. The summed E-state index contributed by atoms with van der Waals surface area (Å²) in [4.78, 5) is 17.2. The molecule has 1 N–H and O–H groups in total. The SMILES string of the molecule is Cc1ccc(-c2[nH]n3c(=O)cc(-c4ccccc4)nc3c2C)cc1. The first kappa shape index (κ1) is 14.5. The molecule has 2 heterocycles. The van der Waals surface area contributed by atoms with E-state index in [2.05, 4.69) is 36.3 Å². The molecule has 4 aromatic rings. The van der Waals surface area contributed by atoms with Gasteiger partial charge in [0.1, 0.15) is 0 Å². The lowest BCUT2D eigenvalue weighted by molar-refractivity contribution is 0.904. The smallest absolute Gasteiger partial charge is 0.273 e. The molecule has 0 saturated heterocycles. The Bertz CT molecular complexity index is 1070. The molecule has 0 aliphatic rings. The molecule has 0 spiro atoms. The van der Waals surface area contributed by atoms with Crippen molar-refractivity contribution in [2.75, 3.05) is 0 Å². The Labute approximate surface area is 139 Å². The van der Waals surface area contributed by atoms with Crippen LogP contribution >= 0.6 is 0 Å². The zero-order chi connectivity index (χ0) is 16.7. The molecule has 0 bridgehead atoms. The van der Waals surface area contributed by atoms with Gasteiger partial charge in [0.15, 0.2) is 5.65 Å². The van der Waals surface area contributed by atoms with Crippen molar-refractivity contribution in [2.45, 2.75) is 13.8 Å². The normalized spacial score (nSPS) is 11.1. The van der Waals surface area contributed by atoms with E-state index in [9.17, 15) is 4.79 Å². The average molecular weight is 315 g/mol. The fraction of sp³-hybridized carbons (Fsp3) is 0.100. The van der Waals surface area contributed by atoms with E-state index in [1.54, 1.807) is 6.07 Å². The Morgan fingerprint density at radius 3 is 2.33 bits per heavy atom. The number of hydrogen-bond acceptors (Lipinski definition) is 2. The third-order valence-electron chi connectivity index (χ3n) is 4.26. The van der Waals surface area contributed by atoms with Gasteiger partial charge in [-0.3, -0.25) is 9.89 Å². The summed E-state index contributed by atoms with van der Waals surface area (Å²) < 4.78 is 1.51. The predicted molar refractivity (Wildman–Crippen MR) is 96.2 cm³/mol. The fourth-order valence-electron chi connectivity index (χ4n) is 2.91. The number of aromatic amines is 1. The Kier molecular flexibility index (Phi) is 3.31. The van der Waals surface area contributed by atoms with Crippen LogP contribution in [0.2, 0.25) is 0 Å². The number of hydrogen-bond donors (Lipinski definition) is 1. The fourth-order valence-corrected chi connectivity index (χ4v) is 2.91. The highest BCUT2D eigenvalue weighted by Crippen LogP contribution is 2.25. The molecule has 4 nitrogen and oxygen atoms in total. The van der Waals surface area contributed by atoms with Gasteiger partial charge in [0.05, 0.1) is 11.4 Å². The zero-order valence-electron chi connectivity index (χ0n) is 13.6. The van der Waals surface area contributed by atoms with Crippen LogP contribution in [0.1, 0.15) is 11.1 Å². The second-order valence-corrected chi connectivity index (χ2v) is 5.98. The lowest BCUT2D eigenvalue weighted by Gasteiger charge is -2.01. The Balaban J connectivity index is 1.94. The van der Waals surface area contributed by atoms with Gasteiger partial charge in [0.2, 0.25) is 0 Å². The third kappa shape index (κ3) is 2.33. The maximum Gasteiger partial charge on any atom is 0.273 e. The molecule has 2 aromatic heterocycles. The molecule has 24 heavy (non-hydrogen) atoms. The van der Waals surface area contributed by atoms with E-state index in [4.69, 9.17) is 4.98 Å². The minimum Gasteiger partial charge on any atom is -0.289 e. The number of fused-ring (bicyclic) bond motifs is 1. The molecule has 0 unspecified atom stereocenters. The van der Waals surface area contributed by atoms with Crippen molar-refractivity contribution in [3.63, 3.8) is 0 Å². The van der Waals surface area contributed by atoms with E-state index in [0.29, 0.717) is 11.3 Å². The van der Waals surface area contributed by atoms with E-state index in [1.807, 2.05) is 37.3 Å². The van der Waals surface area contributed by atoms with Crippen molar-refractivity contribution in [2.24, 2.45) is 0 Å². The molecule has 118 valence electrons. The Morgan fingerprint density at radius 1 is 0.917 bits per heavy atom. The van der Waals surface area contributed by atoms with Gasteiger partial charge in [0, 0.05) is 17.2 Å². The summed E-state index contributed by atoms with van der Waals surface area (Å²) in [5.74, 6) is 0. The van der Waals surface area contributed by atoms with E-state index in [0.717, 1.165) is 22.4 Å². The summed E-state index contributed by atoms with van der Waals surface area (Å²) in [6, 6.07) is 19.6. The maximum atomic E-state index is 12.5. The molecular formula is C20H17N3O. The topological polar surface area (TPSA) is 50.2 Å². The molecule has 4 heteroatoms. The van der Waals surface area contributed by atoms with Crippen molar-refractivity contribution in [1.82, 2.24) is 14.6 Å². The number of nitrogens with one attached hydrogen (secondary N) is 1. The van der Waals surface area contributed by atoms with Crippen molar-refractivity contribution < 1.29 is 0 Å². The quantitative estimate of drug-likeness (QED) is 0.608. The monoisotopic (exact) mass is 315 g/mol. The zero-order valence-corrected chi connectivity index (χ0v) is 13.6. The van der Waals surface area contributed by atoms with Crippen molar-refractivity contribution in [3.05, 3.63) is 82.1 Å². The average Bonchev–Trinajstić information content (AvgIpc) is 2.94. The first-order chi connectivity index (χ1) is 11.6. The Morgan fingerprint density at radius 2 is 1.62 bits per heavy atom. The molecule has 0 amide bonds. The number of benzene rings is 2. The molecule has 0 atom stereocenters. The van der Waals surface area contributed by atoms with Crippen LogP contribution in [-0.4, -0.2) is 14.6 Å². The van der Waals surface area contributed by atoms with Gasteiger partial charge in [-0.05, 0) is 19.4 Å². The minimum absolute atomic E-state index is 0.111. The second kappa shape index (κ2) is 5.49. The van der Waals surface area contributed by atoms with E-state index in [-0.39, 0.29) is 5.56 Å². The van der Waals surface area contributed by atoms with Gasteiger partial charge in [0.25, 0.3) is 5.56 Å².